The Morgan fingerprint density at radius 3 is 1.55 bits per heavy atom. The molecule has 11 rings (SSSR count). The lowest BCUT2D eigenvalue weighted by molar-refractivity contribution is 0.173. The van der Waals surface area contributed by atoms with Crippen LogP contribution in [0.25, 0.3) is 0 Å². The van der Waals surface area contributed by atoms with Crippen molar-refractivity contribution >= 4 is 57.2 Å². The highest BCUT2D eigenvalue weighted by Crippen LogP contribution is 2.53. The maximum atomic E-state index is 6.14. The van der Waals surface area contributed by atoms with Gasteiger partial charge in [0, 0.05) is 40.6 Å². The van der Waals surface area contributed by atoms with Crippen molar-refractivity contribution in [1.82, 2.24) is 0 Å². The number of ether oxygens (including phenoxy) is 4. The van der Waals surface area contributed by atoms with Crippen molar-refractivity contribution in [3.63, 3.8) is 0 Å². The summed E-state index contributed by atoms with van der Waals surface area (Å²) in [5.41, 5.74) is 18.3. The van der Waals surface area contributed by atoms with Crippen molar-refractivity contribution < 1.29 is 18.9 Å². The van der Waals surface area contributed by atoms with Crippen LogP contribution in [-0.4, -0.2) is 20.3 Å². The van der Waals surface area contributed by atoms with Gasteiger partial charge in [0.15, 0.2) is 23.0 Å². The minimum Gasteiger partial charge on any atom is -0.454 e. The van der Waals surface area contributed by atoms with Gasteiger partial charge in [0.25, 0.3) is 6.71 Å². The van der Waals surface area contributed by atoms with Crippen molar-refractivity contribution in [2.75, 3.05) is 23.4 Å². The average molecular weight is 743 g/mol. The van der Waals surface area contributed by atoms with Gasteiger partial charge in [-0.2, -0.15) is 0 Å². The van der Waals surface area contributed by atoms with Gasteiger partial charge in [0.05, 0.1) is 5.69 Å². The molecule has 5 aromatic rings. The van der Waals surface area contributed by atoms with E-state index < -0.39 is 0 Å². The zero-order valence-corrected chi connectivity index (χ0v) is 34.3. The second kappa shape index (κ2) is 11.1. The summed E-state index contributed by atoms with van der Waals surface area (Å²) >= 11 is 0. The van der Waals surface area contributed by atoms with Crippen molar-refractivity contribution in [2.24, 2.45) is 0 Å². The predicted octanol–water partition coefficient (Wildman–Crippen LogP) is 10.2. The van der Waals surface area contributed by atoms with Gasteiger partial charge in [-0.3, -0.25) is 0 Å². The zero-order valence-electron chi connectivity index (χ0n) is 34.3. The molecule has 0 spiro atoms. The van der Waals surface area contributed by atoms with Crippen LogP contribution >= 0.6 is 0 Å². The van der Waals surface area contributed by atoms with Crippen LogP contribution in [0.4, 0.5) is 34.1 Å². The maximum absolute atomic E-state index is 6.14. The van der Waals surface area contributed by atoms with E-state index in [4.69, 9.17) is 18.9 Å². The van der Waals surface area contributed by atoms with Crippen LogP contribution in [0.5, 0.6) is 23.0 Å². The molecule has 6 nitrogen and oxygen atoms in total. The molecule has 2 aliphatic carbocycles. The number of hydrogen-bond acceptors (Lipinski definition) is 6. The Kier molecular flexibility index (Phi) is 6.78. The third-order valence-corrected chi connectivity index (χ3v) is 14.4. The third kappa shape index (κ3) is 4.69. The SMILES string of the molecule is Cc1cc2c3c(c1)N(c1ccc4c(c1)C(C)(C)CCC4(C)C)c1cc4c(cc1B3c1cc3c(cc1N2c1ccc2c(c1)OCO2)OCO3)C(C)(C)CCC4(C)C. The topological polar surface area (TPSA) is 43.4 Å². The van der Waals surface area contributed by atoms with E-state index in [1.54, 1.807) is 0 Å². The molecular weight excluding hydrogens is 691 g/mol. The molecule has 4 aliphatic heterocycles. The van der Waals surface area contributed by atoms with Crippen LogP contribution in [-0.2, 0) is 21.7 Å². The molecule has 0 radical (unpaired) electrons. The highest BCUT2D eigenvalue weighted by Gasteiger charge is 2.48. The first kappa shape index (κ1) is 34.2. The van der Waals surface area contributed by atoms with Gasteiger partial charge in [-0.25, -0.2) is 0 Å². The number of benzene rings is 5. The second-order valence-electron chi connectivity index (χ2n) is 19.8. The Balaban J connectivity index is 1.24. The highest BCUT2D eigenvalue weighted by atomic mass is 16.7. The van der Waals surface area contributed by atoms with Gasteiger partial charge in [-0.1, -0.05) is 67.5 Å². The van der Waals surface area contributed by atoms with Gasteiger partial charge in [0.1, 0.15) is 0 Å². The second-order valence-corrected chi connectivity index (χ2v) is 19.8. The van der Waals surface area contributed by atoms with Gasteiger partial charge in [0.2, 0.25) is 13.6 Å². The van der Waals surface area contributed by atoms with Crippen LogP contribution < -0.4 is 45.1 Å². The molecule has 0 atom stereocenters. The lowest BCUT2D eigenvalue weighted by atomic mass is 9.33. The Bertz CT molecular complexity index is 2550. The Labute approximate surface area is 331 Å². The molecule has 4 heterocycles. The largest absolute Gasteiger partial charge is 0.454 e. The van der Waals surface area contributed by atoms with E-state index in [1.165, 1.54) is 79.8 Å². The summed E-state index contributed by atoms with van der Waals surface area (Å²) in [6.07, 6.45) is 4.68. The number of nitrogens with zero attached hydrogens (tertiary/aromatic N) is 2. The summed E-state index contributed by atoms with van der Waals surface area (Å²) in [5.74, 6) is 3.11. The van der Waals surface area contributed by atoms with E-state index in [0.29, 0.717) is 0 Å². The molecule has 5 aromatic carbocycles. The van der Waals surface area contributed by atoms with E-state index in [1.807, 2.05) is 6.07 Å². The Morgan fingerprint density at radius 2 is 0.911 bits per heavy atom. The molecule has 284 valence electrons. The number of rotatable bonds is 2. The van der Waals surface area contributed by atoms with Gasteiger partial charge < -0.3 is 28.7 Å². The summed E-state index contributed by atoms with van der Waals surface area (Å²) in [6, 6.07) is 28.1. The van der Waals surface area contributed by atoms with E-state index in [-0.39, 0.29) is 42.0 Å². The van der Waals surface area contributed by atoms with Crippen LogP contribution in [0.15, 0.2) is 72.8 Å². The Hall–Kier alpha value is -5.04. The molecule has 0 aromatic heterocycles. The smallest absolute Gasteiger partial charge is 0.252 e. The lowest BCUT2D eigenvalue weighted by Gasteiger charge is -2.48. The minimum absolute atomic E-state index is 0.0271. The van der Waals surface area contributed by atoms with Crippen LogP contribution in [0.1, 0.15) is 109 Å². The lowest BCUT2D eigenvalue weighted by Crippen LogP contribution is -2.61. The number of aryl methyl sites for hydroxylation is 1. The molecule has 0 saturated carbocycles. The molecule has 7 heteroatoms. The predicted molar refractivity (Wildman–Crippen MR) is 228 cm³/mol. The summed E-state index contributed by atoms with van der Waals surface area (Å²) in [6.45, 7) is 22.1. The first-order valence-corrected chi connectivity index (χ1v) is 20.5. The van der Waals surface area contributed by atoms with Crippen LogP contribution in [0.2, 0.25) is 0 Å². The third-order valence-electron chi connectivity index (χ3n) is 14.4. The molecule has 6 aliphatic rings. The molecule has 0 unspecified atom stereocenters. The van der Waals surface area contributed by atoms with Crippen molar-refractivity contribution in [2.45, 2.75) is 110 Å². The highest BCUT2D eigenvalue weighted by molar-refractivity contribution is 7.00. The van der Waals surface area contributed by atoms with E-state index in [0.717, 1.165) is 47.2 Å². The molecule has 56 heavy (non-hydrogen) atoms. The summed E-state index contributed by atoms with van der Waals surface area (Å²) < 4.78 is 24.0. The molecule has 0 amide bonds. The fraction of sp³-hybridized carbons (Fsp3) is 0.388. The Morgan fingerprint density at radius 1 is 0.446 bits per heavy atom. The van der Waals surface area contributed by atoms with Gasteiger partial charge in [-0.05, 0) is 147 Å². The number of anilines is 6. The molecular formula is C49H51BN2O4. The zero-order chi connectivity index (χ0) is 38.7. The van der Waals surface area contributed by atoms with E-state index >= 15 is 0 Å². The summed E-state index contributed by atoms with van der Waals surface area (Å²) in [5, 5.41) is 0. The minimum atomic E-state index is -0.0271. The molecule has 0 bridgehead atoms. The quantitative estimate of drug-likeness (QED) is 0.164. The number of fused-ring (bicyclic) bond motifs is 8. The molecule has 0 fully saturated rings. The molecule has 0 N–H and O–H groups in total. The van der Waals surface area contributed by atoms with Crippen molar-refractivity contribution in [3.8, 4) is 23.0 Å². The van der Waals surface area contributed by atoms with Crippen molar-refractivity contribution in [1.29, 1.82) is 0 Å². The fourth-order valence-corrected chi connectivity index (χ4v) is 10.9. The fourth-order valence-electron chi connectivity index (χ4n) is 10.9. The van der Waals surface area contributed by atoms with Gasteiger partial charge >= 0.3 is 0 Å². The standard InChI is InChI=1S/C49H51BN2O4/c1-28-18-39-45-40(19-28)52(30-11-13-41-42(21-30)54-26-53-41)38-25-44-43(55-27-56-44)24-36(38)50(45)35-22-33-34(49(8,9)17-16-48(33,6)7)23-37(35)51(39)29-10-12-31-32(20-29)47(4,5)15-14-46(31,2)3/h10-13,18-25H,14-17,26-27H2,1-9H3. The van der Waals surface area contributed by atoms with Crippen LogP contribution in [0, 0.1) is 6.92 Å². The molecule has 0 saturated heterocycles. The summed E-state index contributed by atoms with van der Waals surface area (Å²) in [7, 11) is 0. The average Bonchev–Trinajstić information content (AvgIpc) is 3.83. The normalized spacial score (nSPS) is 20.5. The number of hydrogen-bond donors (Lipinski definition) is 0. The first-order chi connectivity index (χ1) is 26.6. The first-order valence-electron chi connectivity index (χ1n) is 20.5. The van der Waals surface area contributed by atoms with E-state index in [2.05, 4.69) is 139 Å². The van der Waals surface area contributed by atoms with Crippen molar-refractivity contribution in [3.05, 3.63) is 101 Å². The monoisotopic (exact) mass is 742 g/mol. The van der Waals surface area contributed by atoms with E-state index in [9.17, 15) is 0 Å². The maximum Gasteiger partial charge on any atom is 0.252 e. The van der Waals surface area contributed by atoms with Gasteiger partial charge in [-0.15, -0.1) is 0 Å². The summed E-state index contributed by atoms with van der Waals surface area (Å²) in [4.78, 5) is 5.03. The van der Waals surface area contributed by atoms with Crippen LogP contribution in [0.3, 0.4) is 0 Å².